The molecule has 1 atom stereocenters. The van der Waals surface area contributed by atoms with Crippen molar-refractivity contribution in [2.75, 3.05) is 25.6 Å². The number of ether oxygens (including phenoxy) is 2. The zero-order valence-corrected chi connectivity index (χ0v) is 13.3. The molecular weight excluding hydrogens is 278 g/mol. The van der Waals surface area contributed by atoms with Crippen molar-refractivity contribution in [2.45, 2.75) is 20.0 Å². The zero-order chi connectivity index (χ0) is 15.9. The van der Waals surface area contributed by atoms with Gasteiger partial charge in [0.05, 0.1) is 7.11 Å². The van der Waals surface area contributed by atoms with Crippen LogP contribution in [0.15, 0.2) is 42.5 Å². The fourth-order valence-electron chi connectivity index (χ4n) is 2.03. The molecule has 0 spiro atoms. The summed E-state index contributed by atoms with van der Waals surface area (Å²) in [5, 5.41) is 13.2. The van der Waals surface area contributed by atoms with E-state index in [9.17, 15) is 5.11 Å². The van der Waals surface area contributed by atoms with Gasteiger partial charge in [0, 0.05) is 18.3 Å². The van der Waals surface area contributed by atoms with Gasteiger partial charge in [-0.1, -0.05) is 12.1 Å². The molecule has 0 aliphatic carbocycles. The highest BCUT2D eigenvalue weighted by Gasteiger charge is 2.06. The Hall–Kier alpha value is -2.20. The average Bonchev–Trinajstić information content (AvgIpc) is 2.54. The van der Waals surface area contributed by atoms with Crippen molar-refractivity contribution in [2.24, 2.45) is 0 Å². The molecule has 0 radical (unpaired) electrons. The highest BCUT2D eigenvalue weighted by atomic mass is 16.5. The van der Waals surface area contributed by atoms with E-state index in [-0.39, 0.29) is 6.61 Å². The predicted octanol–water partition coefficient (Wildman–Crippen LogP) is 3.16. The van der Waals surface area contributed by atoms with Crippen LogP contribution in [0.4, 0.5) is 5.69 Å². The maximum absolute atomic E-state index is 10.0. The Morgan fingerprint density at radius 1 is 1.05 bits per heavy atom. The molecule has 118 valence electrons. The maximum atomic E-state index is 10.0. The normalized spacial score (nSPS) is 11.8. The van der Waals surface area contributed by atoms with Crippen molar-refractivity contribution < 1.29 is 14.6 Å². The van der Waals surface area contributed by atoms with Gasteiger partial charge in [-0.05, 0) is 49.2 Å². The number of methoxy groups -OCH3 is 1. The van der Waals surface area contributed by atoms with Crippen molar-refractivity contribution in [1.82, 2.24) is 0 Å². The Morgan fingerprint density at radius 2 is 1.82 bits per heavy atom. The molecule has 2 aromatic carbocycles. The summed E-state index contributed by atoms with van der Waals surface area (Å²) in [6.45, 7) is 4.82. The minimum atomic E-state index is -0.590. The monoisotopic (exact) mass is 301 g/mol. The number of aliphatic hydroxyl groups is 1. The Balaban J connectivity index is 1.80. The molecule has 0 aromatic heterocycles. The number of benzene rings is 2. The lowest BCUT2D eigenvalue weighted by Gasteiger charge is -2.15. The summed E-state index contributed by atoms with van der Waals surface area (Å²) < 4.78 is 10.7. The first-order valence-electron chi connectivity index (χ1n) is 7.34. The highest BCUT2D eigenvalue weighted by molar-refractivity contribution is 5.48. The van der Waals surface area contributed by atoms with Crippen LogP contribution in [0.1, 0.15) is 11.1 Å². The fourth-order valence-corrected chi connectivity index (χ4v) is 2.03. The van der Waals surface area contributed by atoms with Crippen LogP contribution in [-0.4, -0.2) is 31.5 Å². The summed E-state index contributed by atoms with van der Waals surface area (Å²) >= 11 is 0. The van der Waals surface area contributed by atoms with E-state index >= 15 is 0 Å². The number of aliphatic hydroxyl groups excluding tert-OH is 1. The van der Waals surface area contributed by atoms with Crippen molar-refractivity contribution in [3.63, 3.8) is 0 Å². The minimum Gasteiger partial charge on any atom is -0.497 e. The van der Waals surface area contributed by atoms with Crippen molar-refractivity contribution in [3.05, 3.63) is 53.6 Å². The van der Waals surface area contributed by atoms with Gasteiger partial charge in [0.1, 0.15) is 24.2 Å². The standard InChI is InChI=1S/C18H23NO3/c1-13-7-8-15(9-14(13)2)19-11-16(20)12-22-18-6-4-5-17(10-18)21-3/h4-10,16,19-20H,11-12H2,1-3H3/t16-/m0/s1. The number of hydrogen-bond acceptors (Lipinski definition) is 4. The summed E-state index contributed by atoms with van der Waals surface area (Å²) in [4.78, 5) is 0. The second-order valence-corrected chi connectivity index (χ2v) is 5.32. The van der Waals surface area contributed by atoms with Gasteiger partial charge in [-0.2, -0.15) is 0 Å². The molecule has 2 aromatic rings. The summed E-state index contributed by atoms with van der Waals surface area (Å²) in [6, 6.07) is 13.5. The first kappa shape index (κ1) is 16.2. The fraction of sp³-hybridized carbons (Fsp3) is 0.333. The SMILES string of the molecule is COc1cccc(OC[C@@H](O)CNc2ccc(C)c(C)c2)c1. The Labute approximate surface area is 131 Å². The molecular formula is C18H23NO3. The van der Waals surface area contributed by atoms with Crippen LogP contribution in [0.3, 0.4) is 0 Å². The quantitative estimate of drug-likeness (QED) is 0.825. The Bertz CT molecular complexity index is 613. The molecule has 0 fully saturated rings. The second kappa shape index (κ2) is 7.71. The molecule has 0 saturated heterocycles. The van der Waals surface area contributed by atoms with E-state index in [0.29, 0.717) is 12.3 Å². The first-order chi connectivity index (χ1) is 10.6. The molecule has 4 nitrogen and oxygen atoms in total. The van der Waals surface area contributed by atoms with E-state index in [1.165, 1.54) is 11.1 Å². The van der Waals surface area contributed by atoms with E-state index in [1.54, 1.807) is 13.2 Å². The number of rotatable bonds is 7. The number of aryl methyl sites for hydroxylation is 2. The third kappa shape index (κ3) is 4.67. The number of hydrogen-bond donors (Lipinski definition) is 2. The lowest BCUT2D eigenvalue weighted by molar-refractivity contribution is 0.117. The molecule has 0 amide bonds. The zero-order valence-electron chi connectivity index (χ0n) is 13.3. The summed E-state index contributed by atoms with van der Waals surface area (Å²) in [7, 11) is 1.61. The molecule has 22 heavy (non-hydrogen) atoms. The van der Waals surface area contributed by atoms with Crippen molar-refractivity contribution in [3.8, 4) is 11.5 Å². The summed E-state index contributed by atoms with van der Waals surface area (Å²) in [6.07, 6.45) is -0.590. The molecule has 0 heterocycles. The van der Waals surface area contributed by atoms with Gasteiger partial charge in [0.25, 0.3) is 0 Å². The first-order valence-corrected chi connectivity index (χ1v) is 7.34. The van der Waals surface area contributed by atoms with E-state index < -0.39 is 6.10 Å². The van der Waals surface area contributed by atoms with Gasteiger partial charge in [-0.25, -0.2) is 0 Å². The smallest absolute Gasteiger partial charge is 0.123 e. The Kier molecular flexibility index (Phi) is 5.67. The van der Waals surface area contributed by atoms with Gasteiger partial charge in [-0.3, -0.25) is 0 Å². The number of anilines is 1. The topological polar surface area (TPSA) is 50.7 Å². The molecule has 0 aliphatic heterocycles. The lowest BCUT2D eigenvalue weighted by atomic mass is 10.1. The van der Waals surface area contributed by atoms with Gasteiger partial charge in [0.15, 0.2) is 0 Å². The van der Waals surface area contributed by atoms with E-state index in [0.717, 1.165) is 11.4 Å². The van der Waals surface area contributed by atoms with E-state index in [4.69, 9.17) is 9.47 Å². The van der Waals surface area contributed by atoms with Gasteiger partial charge in [0.2, 0.25) is 0 Å². The third-order valence-corrected chi connectivity index (χ3v) is 3.53. The Morgan fingerprint density at radius 3 is 2.55 bits per heavy atom. The largest absolute Gasteiger partial charge is 0.497 e. The second-order valence-electron chi connectivity index (χ2n) is 5.32. The van der Waals surface area contributed by atoms with E-state index in [1.807, 2.05) is 24.3 Å². The molecule has 0 bridgehead atoms. The summed E-state index contributed by atoms with van der Waals surface area (Å²) in [5.74, 6) is 1.42. The lowest BCUT2D eigenvalue weighted by Crippen LogP contribution is -2.26. The van der Waals surface area contributed by atoms with Gasteiger partial charge < -0.3 is 19.9 Å². The molecule has 0 saturated carbocycles. The van der Waals surface area contributed by atoms with Crippen LogP contribution in [-0.2, 0) is 0 Å². The van der Waals surface area contributed by atoms with Gasteiger partial charge in [-0.15, -0.1) is 0 Å². The van der Waals surface area contributed by atoms with E-state index in [2.05, 4.69) is 31.3 Å². The molecule has 0 unspecified atom stereocenters. The molecule has 0 aliphatic rings. The van der Waals surface area contributed by atoms with Crippen LogP contribution in [0.2, 0.25) is 0 Å². The third-order valence-electron chi connectivity index (χ3n) is 3.53. The van der Waals surface area contributed by atoms with Crippen molar-refractivity contribution >= 4 is 5.69 Å². The van der Waals surface area contributed by atoms with Crippen molar-refractivity contribution in [1.29, 1.82) is 0 Å². The highest BCUT2D eigenvalue weighted by Crippen LogP contribution is 2.19. The predicted molar refractivity (Wildman–Crippen MR) is 88.9 cm³/mol. The van der Waals surface area contributed by atoms with Crippen LogP contribution >= 0.6 is 0 Å². The van der Waals surface area contributed by atoms with Gasteiger partial charge >= 0.3 is 0 Å². The van der Waals surface area contributed by atoms with Crippen LogP contribution < -0.4 is 14.8 Å². The van der Waals surface area contributed by atoms with Crippen LogP contribution in [0.5, 0.6) is 11.5 Å². The minimum absolute atomic E-state index is 0.227. The molecule has 2 rings (SSSR count). The van der Waals surface area contributed by atoms with Crippen LogP contribution in [0.25, 0.3) is 0 Å². The maximum Gasteiger partial charge on any atom is 0.123 e. The average molecular weight is 301 g/mol. The summed E-state index contributed by atoms with van der Waals surface area (Å²) in [5.41, 5.74) is 3.49. The number of nitrogens with one attached hydrogen (secondary N) is 1. The molecule has 4 heteroatoms. The molecule has 2 N–H and O–H groups in total. The van der Waals surface area contributed by atoms with Crippen LogP contribution in [0, 0.1) is 13.8 Å².